The maximum absolute atomic E-state index is 12.3. The molecule has 144 valence electrons. The number of nitrogens with one attached hydrogen (secondary N) is 2. The predicted octanol–water partition coefficient (Wildman–Crippen LogP) is 1.49. The molecule has 1 aliphatic rings. The zero-order valence-electron chi connectivity index (χ0n) is 15.7. The molecule has 2 amide bonds. The minimum atomic E-state index is -0.117. The van der Waals surface area contributed by atoms with Crippen molar-refractivity contribution in [1.82, 2.24) is 15.0 Å². The molecule has 1 aliphatic heterocycles. The number of hydrogen-bond donors (Lipinski definition) is 2. The summed E-state index contributed by atoms with van der Waals surface area (Å²) in [5.41, 5.74) is 1.89. The molecule has 2 heterocycles. The van der Waals surface area contributed by atoms with E-state index in [0.29, 0.717) is 24.7 Å². The molecule has 1 saturated heterocycles. The van der Waals surface area contributed by atoms with E-state index in [4.69, 9.17) is 4.52 Å². The van der Waals surface area contributed by atoms with Crippen LogP contribution in [0.5, 0.6) is 0 Å². The van der Waals surface area contributed by atoms with E-state index in [9.17, 15) is 9.59 Å². The fourth-order valence-corrected chi connectivity index (χ4v) is 3.02. The van der Waals surface area contributed by atoms with Crippen molar-refractivity contribution in [2.45, 2.75) is 13.8 Å². The average molecular weight is 371 g/mol. The van der Waals surface area contributed by atoms with Crippen molar-refractivity contribution in [1.29, 1.82) is 0 Å². The van der Waals surface area contributed by atoms with E-state index in [1.54, 1.807) is 13.0 Å². The predicted molar refractivity (Wildman–Crippen MR) is 103 cm³/mol. The number of amides is 2. The molecule has 2 aromatic rings. The molecule has 0 aliphatic carbocycles. The first-order valence-electron chi connectivity index (χ1n) is 9.03. The quantitative estimate of drug-likeness (QED) is 0.799. The lowest BCUT2D eigenvalue weighted by atomic mass is 10.2. The van der Waals surface area contributed by atoms with Gasteiger partial charge in [-0.15, -0.1) is 0 Å². The summed E-state index contributed by atoms with van der Waals surface area (Å²) in [5.74, 6) is 0.956. The summed E-state index contributed by atoms with van der Waals surface area (Å²) < 4.78 is 4.93. The highest BCUT2D eigenvalue weighted by Gasteiger charge is 2.21. The summed E-state index contributed by atoms with van der Waals surface area (Å²) in [6.07, 6.45) is 0. The minimum Gasteiger partial charge on any atom is -0.360 e. The summed E-state index contributed by atoms with van der Waals surface area (Å²) in [4.78, 5) is 28.5. The van der Waals surface area contributed by atoms with Crippen LogP contribution in [0.2, 0.25) is 0 Å². The topological polar surface area (TPSA) is 90.7 Å². The Labute approximate surface area is 158 Å². The molecule has 3 rings (SSSR count). The molecule has 0 bridgehead atoms. The lowest BCUT2D eigenvalue weighted by Crippen LogP contribution is -2.50. The van der Waals surface area contributed by atoms with Crippen molar-refractivity contribution in [3.8, 4) is 0 Å². The molecule has 0 radical (unpaired) electrons. The summed E-state index contributed by atoms with van der Waals surface area (Å²) in [6.45, 7) is 7.37. The molecular formula is C19H25N5O3. The van der Waals surface area contributed by atoms with Gasteiger partial charge in [-0.25, -0.2) is 0 Å². The zero-order chi connectivity index (χ0) is 19.2. The number of anilines is 2. The normalized spacial score (nSPS) is 15.5. The van der Waals surface area contributed by atoms with Crippen LogP contribution in [-0.2, 0) is 9.59 Å². The SMILES string of the molecule is Cc1cc(NC(=O)CN2CCN(CC(=O)Nc3ccccc3C)CC2)no1. The van der Waals surface area contributed by atoms with Gasteiger partial charge in [0.2, 0.25) is 11.8 Å². The summed E-state index contributed by atoms with van der Waals surface area (Å²) >= 11 is 0. The molecule has 0 saturated carbocycles. The molecule has 1 aromatic carbocycles. The summed E-state index contributed by atoms with van der Waals surface area (Å²) in [5, 5.41) is 9.43. The molecule has 8 nitrogen and oxygen atoms in total. The van der Waals surface area contributed by atoms with Crippen LogP contribution in [0.15, 0.2) is 34.9 Å². The van der Waals surface area contributed by atoms with E-state index >= 15 is 0 Å². The first kappa shape index (κ1) is 19.1. The Balaban J connectivity index is 1.39. The van der Waals surface area contributed by atoms with Crippen LogP contribution in [0.1, 0.15) is 11.3 Å². The highest BCUT2D eigenvalue weighted by molar-refractivity contribution is 5.93. The van der Waals surface area contributed by atoms with E-state index in [-0.39, 0.29) is 11.8 Å². The number of aromatic nitrogens is 1. The molecule has 0 unspecified atom stereocenters. The average Bonchev–Trinajstić information content (AvgIpc) is 3.03. The van der Waals surface area contributed by atoms with Gasteiger partial charge >= 0.3 is 0 Å². The highest BCUT2D eigenvalue weighted by atomic mass is 16.5. The Morgan fingerprint density at radius 3 is 2.15 bits per heavy atom. The standard InChI is InChI=1S/C19H25N5O3/c1-14-5-3-4-6-16(14)20-18(25)12-23-7-9-24(10-8-23)13-19(26)21-17-11-15(2)27-22-17/h3-6,11H,7-10,12-13H2,1-2H3,(H,20,25)(H,21,22,26). The second-order valence-electron chi connectivity index (χ2n) is 6.79. The smallest absolute Gasteiger partial charge is 0.239 e. The lowest BCUT2D eigenvalue weighted by molar-refractivity contribution is -0.120. The first-order chi connectivity index (χ1) is 13.0. The van der Waals surface area contributed by atoms with Crippen molar-refractivity contribution in [3.63, 3.8) is 0 Å². The van der Waals surface area contributed by atoms with Gasteiger partial charge in [-0.1, -0.05) is 23.4 Å². The molecule has 1 aromatic heterocycles. The molecule has 2 N–H and O–H groups in total. The van der Waals surface area contributed by atoms with Gasteiger partial charge in [0.25, 0.3) is 0 Å². The fourth-order valence-electron chi connectivity index (χ4n) is 3.02. The number of piperazine rings is 1. The largest absolute Gasteiger partial charge is 0.360 e. The van der Waals surface area contributed by atoms with Gasteiger partial charge in [-0.3, -0.25) is 19.4 Å². The van der Waals surface area contributed by atoms with Crippen LogP contribution in [0.3, 0.4) is 0 Å². The van der Waals surface area contributed by atoms with Crippen molar-refractivity contribution in [2.75, 3.05) is 49.9 Å². The van der Waals surface area contributed by atoms with Crippen LogP contribution >= 0.6 is 0 Å². The number of aryl methyl sites for hydroxylation is 2. The Bertz CT molecular complexity index is 796. The molecule has 0 spiro atoms. The second-order valence-corrected chi connectivity index (χ2v) is 6.79. The zero-order valence-corrected chi connectivity index (χ0v) is 15.7. The second kappa shape index (κ2) is 8.79. The minimum absolute atomic E-state index is 0.0168. The summed E-state index contributed by atoms with van der Waals surface area (Å²) in [7, 11) is 0. The Morgan fingerprint density at radius 1 is 1.00 bits per heavy atom. The molecule has 8 heteroatoms. The Morgan fingerprint density at radius 2 is 1.59 bits per heavy atom. The number of hydrogen-bond acceptors (Lipinski definition) is 6. The number of nitrogens with zero attached hydrogens (tertiary/aromatic N) is 3. The van der Waals surface area contributed by atoms with E-state index in [0.717, 1.165) is 37.4 Å². The summed E-state index contributed by atoms with van der Waals surface area (Å²) in [6, 6.07) is 9.42. The van der Waals surface area contributed by atoms with Crippen molar-refractivity contribution < 1.29 is 14.1 Å². The van der Waals surface area contributed by atoms with Crippen LogP contribution in [0.25, 0.3) is 0 Å². The first-order valence-corrected chi connectivity index (χ1v) is 9.03. The van der Waals surface area contributed by atoms with Crippen molar-refractivity contribution in [3.05, 3.63) is 41.7 Å². The van der Waals surface area contributed by atoms with Crippen molar-refractivity contribution in [2.24, 2.45) is 0 Å². The molecule has 1 fully saturated rings. The van der Waals surface area contributed by atoms with E-state index in [1.165, 1.54) is 0 Å². The number of rotatable bonds is 6. The third kappa shape index (κ3) is 5.63. The Hall–Kier alpha value is -2.71. The third-order valence-electron chi connectivity index (χ3n) is 4.51. The molecule has 27 heavy (non-hydrogen) atoms. The highest BCUT2D eigenvalue weighted by Crippen LogP contribution is 2.13. The van der Waals surface area contributed by atoms with Crippen LogP contribution in [0.4, 0.5) is 11.5 Å². The van der Waals surface area contributed by atoms with E-state index in [1.807, 2.05) is 31.2 Å². The molecular weight excluding hydrogens is 346 g/mol. The van der Waals surface area contributed by atoms with Gasteiger partial charge in [-0.05, 0) is 25.5 Å². The van der Waals surface area contributed by atoms with Gasteiger partial charge in [0.05, 0.1) is 13.1 Å². The number of carbonyl (C=O) groups excluding carboxylic acids is 2. The number of carbonyl (C=O) groups is 2. The monoisotopic (exact) mass is 371 g/mol. The Kier molecular flexibility index (Phi) is 6.20. The fraction of sp³-hybridized carbons (Fsp3) is 0.421. The van der Waals surface area contributed by atoms with Gasteiger partial charge < -0.3 is 15.2 Å². The van der Waals surface area contributed by atoms with Gasteiger partial charge in [0.1, 0.15) is 5.76 Å². The van der Waals surface area contributed by atoms with Gasteiger partial charge in [0, 0.05) is 37.9 Å². The number of benzene rings is 1. The third-order valence-corrected chi connectivity index (χ3v) is 4.51. The van der Waals surface area contributed by atoms with Crippen LogP contribution in [0, 0.1) is 13.8 Å². The molecule has 0 atom stereocenters. The van der Waals surface area contributed by atoms with Gasteiger partial charge in [0.15, 0.2) is 5.82 Å². The lowest BCUT2D eigenvalue weighted by Gasteiger charge is -2.33. The van der Waals surface area contributed by atoms with Crippen LogP contribution < -0.4 is 10.6 Å². The van der Waals surface area contributed by atoms with Gasteiger partial charge in [-0.2, -0.15) is 0 Å². The van der Waals surface area contributed by atoms with E-state index < -0.39 is 0 Å². The number of para-hydroxylation sites is 1. The van der Waals surface area contributed by atoms with E-state index in [2.05, 4.69) is 25.6 Å². The maximum atomic E-state index is 12.3. The van der Waals surface area contributed by atoms with Crippen molar-refractivity contribution >= 4 is 23.3 Å². The maximum Gasteiger partial charge on any atom is 0.239 e. The van der Waals surface area contributed by atoms with Crippen LogP contribution in [-0.4, -0.2) is 66.0 Å².